The van der Waals surface area contributed by atoms with Gasteiger partial charge in [0.15, 0.2) is 0 Å². The fourth-order valence-corrected chi connectivity index (χ4v) is 1.98. The van der Waals surface area contributed by atoms with Crippen LogP contribution in [-0.4, -0.2) is 18.6 Å². The number of hydrogen-bond acceptors (Lipinski definition) is 4. The smallest absolute Gasteiger partial charge is 0.229 e. The zero-order valence-electron chi connectivity index (χ0n) is 10.1. The van der Waals surface area contributed by atoms with Crippen LogP contribution in [-0.2, 0) is 9.53 Å². The minimum absolute atomic E-state index is 0.0873. The monoisotopic (exact) mass is 245 g/mol. The SMILES string of the molecule is CC1CC(C(=O)Nc2ccc(C#N)cc2N)CO1. The summed E-state index contributed by atoms with van der Waals surface area (Å²) in [5.74, 6) is -0.217. The van der Waals surface area contributed by atoms with Gasteiger partial charge in [0.1, 0.15) is 0 Å². The second kappa shape index (κ2) is 5.07. The van der Waals surface area contributed by atoms with E-state index in [0.717, 1.165) is 6.42 Å². The van der Waals surface area contributed by atoms with Crippen molar-refractivity contribution in [3.8, 4) is 6.07 Å². The molecule has 0 aliphatic carbocycles. The van der Waals surface area contributed by atoms with Gasteiger partial charge >= 0.3 is 0 Å². The second-order valence-electron chi connectivity index (χ2n) is 4.48. The Balaban J connectivity index is 2.06. The van der Waals surface area contributed by atoms with E-state index in [1.54, 1.807) is 18.2 Å². The zero-order chi connectivity index (χ0) is 13.1. The number of rotatable bonds is 2. The van der Waals surface area contributed by atoms with E-state index in [1.807, 2.05) is 13.0 Å². The molecule has 0 aromatic heterocycles. The maximum absolute atomic E-state index is 12.0. The molecule has 0 spiro atoms. The van der Waals surface area contributed by atoms with Crippen LogP contribution in [0.4, 0.5) is 11.4 Å². The third kappa shape index (κ3) is 2.60. The summed E-state index contributed by atoms with van der Waals surface area (Å²) >= 11 is 0. The Morgan fingerprint density at radius 1 is 1.61 bits per heavy atom. The second-order valence-corrected chi connectivity index (χ2v) is 4.48. The highest BCUT2D eigenvalue weighted by atomic mass is 16.5. The third-order valence-corrected chi connectivity index (χ3v) is 3.01. The lowest BCUT2D eigenvalue weighted by atomic mass is 10.1. The van der Waals surface area contributed by atoms with Crippen LogP contribution < -0.4 is 11.1 Å². The summed E-state index contributed by atoms with van der Waals surface area (Å²) in [5, 5.41) is 11.5. The number of hydrogen-bond donors (Lipinski definition) is 2. The third-order valence-electron chi connectivity index (χ3n) is 3.01. The molecule has 0 saturated carbocycles. The average molecular weight is 245 g/mol. The molecule has 18 heavy (non-hydrogen) atoms. The van der Waals surface area contributed by atoms with Crippen LogP contribution in [0.25, 0.3) is 0 Å². The van der Waals surface area contributed by atoms with Gasteiger partial charge in [-0.05, 0) is 31.5 Å². The molecular formula is C13H15N3O2. The first-order valence-corrected chi connectivity index (χ1v) is 5.82. The van der Waals surface area contributed by atoms with E-state index in [4.69, 9.17) is 15.7 Å². The van der Waals surface area contributed by atoms with E-state index in [-0.39, 0.29) is 17.9 Å². The van der Waals surface area contributed by atoms with Crippen LogP contribution >= 0.6 is 0 Å². The first kappa shape index (κ1) is 12.4. The standard InChI is InChI=1S/C13H15N3O2/c1-8-4-10(7-18-8)13(17)16-12-3-2-9(6-14)5-11(12)15/h2-3,5,8,10H,4,7,15H2,1H3,(H,16,17). The fraction of sp³-hybridized carbons (Fsp3) is 0.385. The molecule has 1 aliphatic heterocycles. The molecule has 2 atom stereocenters. The van der Waals surface area contributed by atoms with Gasteiger partial charge in [0.25, 0.3) is 0 Å². The number of nitrogens with zero attached hydrogens (tertiary/aromatic N) is 1. The number of carbonyl (C=O) groups excluding carboxylic acids is 1. The molecule has 1 heterocycles. The number of anilines is 2. The number of nitrogens with one attached hydrogen (secondary N) is 1. The molecular weight excluding hydrogens is 230 g/mol. The summed E-state index contributed by atoms with van der Waals surface area (Å²) in [6.07, 6.45) is 0.848. The maximum atomic E-state index is 12.0. The Bertz CT molecular complexity index is 507. The molecule has 1 aliphatic rings. The van der Waals surface area contributed by atoms with Crippen molar-refractivity contribution in [1.82, 2.24) is 0 Å². The number of amides is 1. The van der Waals surface area contributed by atoms with Gasteiger partial charge in [-0.25, -0.2) is 0 Å². The van der Waals surface area contributed by atoms with Crippen LogP contribution in [0.3, 0.4) is 0 Å². The van der Waals surface area contributed by atoms with E-state index >= 15 is 0 Å². The van der Waals surface area contributed by atoms with Crippen molar-refractivity contribution in [2.24, 2.45) is 5.92 Å². The van der Waals surface area contributed by atoms with Crippen molar-refractivity contribution >= 4 is 17.3 Å². The van der Waals surface area contributed by atoms with Crippen LogP contribution in [0, 0.1) is 17.2 Å². The number of ether oxygens (including phenoxy) is 1. The van der Waals surface area contributed by atoms with Crippen molar-refractivity contribution in [2.45, 2.75) is 19.4 Å². The summed E-state index contributed by atoms with van der Waals surface area (Å²) in [6, 6.07) is 6.81. The molecule has 5 heteroatoms. The van der Waals surface area contributed by atoms with Gasteiger partial charge in [-0.3, -0.25) is 4.79 Å². The van der Waals surface area contributed by atoms with Crippen molar-refractivity contribution in [3.63, 3.8) is 0 Å². The minimum Gasteiger partial charge on any atom is -0.397 e. The quantitative estimate of drug-likeness (QED) is 0.773. The van der Waals surface area contributed by atoms with Crippen molar-refractivity contribution in [1.29, 1.82) is 5.26 Å². The van der Waals surface area contributed by atoms with Gasteiger partial charge < -0.3 is 15.8 Å². The predicted molar refractivity (Wildman–Crippen MR) is 67.7 cm³/mol. The minimum atomic E-state index is -0.130. The van der Waals surface area contributed by atoms with Crippen molar-refractivity contribution < 1.29 is 9.53 Å². The molecule has 2 unspecified atom stereocenters. The normalized spacial score (nSPS) is 22.4. The molecule has 1 amide bonds. The number of nitrogen functional groups attached to an aromatic ring is 1. The van der Waals surface area contributed by atoms with Gasteiger partial charge in [0.2, 0.25) is 5.91 Å². The van der Waals surface area contributed by atoms with Crippen LogP contribution in [0.5, 0.6) is 0 Å². The number of carbonyl (C=O) groups is 1. The van der Waals surface area contributed by atoms with Gasteiger partial charge in [-0.15, -0.1) is 0 Å². The molecule has 1 aromatic rings. The highest BCUT2D eigenvalue weighted by Crippen LogP contribution is 2.24. The van der Waals surface area contributed by atoms with E-state index in [1.165, 1.54) is 0 Å². The zero-order valence-corrected chi connectivity index (χ0v) is 10.1. The van der Waals surface area contributed by atoms with E-state index in [2.05, 4.69) is 5.32 Å². The molecule has 0 bridgehead atoms. The van der Waals surface area contributed by atoms with E-state index in [9.17, 15) is 4.79 Å². The van der Waals surface area contributed by atoms with Crippen molar-refractivity contribution in [3.05, 3.63) is 23.8 Å². The summed E-state index contributed by atoms with van der Waals surface area (Å²) in [7, 11) is 0. The van der Waals surface area contributed by atoms with Gasteiger partial charge in [-0.1, -0.05) is 0 Å². The Hall–Kier alpha value is -2.06. The number of benzene rings is 1. The number of nitriles is 1. The fourth-order valence-electron chi connectivity index (χ4n) is 1.98. The van der Waals surface area contributed by atoms with Crippen LogP contribution in [0.2, 0.25) is 0 Å². The summed E-state index contributed by atoms with van der Waals surface area (Å²) in [6.45, 7) is 2.40. The largest absolute Gasteiger partial charge is 0.397 e. The molecule has 0 radical (unpaired) electrons. The molecule has 3 N–H and O–H groups in total. The van der Waals surface area contributed by atoms with Gasteiger partial charge in [0, 0.05) is 0 Å². The Kier molecular flexibility index (Phi) is 3.49. The molecule has 1 saturated heterocycles. The summed E-state index contributed by atoms with van der Waals surface area (Å²) < 4.78 is 5.36. The molecule has 94 valence electrons. The van der Waals surface area contributed by atoms with Gasteiger partial charge in [0.05, 0.1) is 41.6 Å². The highest BCUT2D eigenvalue weighted by Gasteiger charge is 2.28. The molecule has 1 aromatic carbocycles. The molecule has 2 rings (SSSR count). The topological polar surface area (TPSA) is 88.1 Å². The lowest BCUT2D eigenvalue weighted by molar-refractivity contribution is -0.119. The first-order chi connectivity index (χ1) is 8.60. The number of nitrogens with two attached hydrogens (primary N) is 1. The van der Waals surface area contributed by atoms with E-state index < -0.39 is 0 Å². The van der Waals surface area contributed by atoms with Crippen LogP contribution in [0.15, 0.2) is 18.2 Å². The highest BCUT2D eigenvalue weighted by molar-refractivity contribution is 5.95. The lowest BCUT2D eigenvalue weighted by Crippen LogP contribution is -2.23. The van der Waals surface area contributed by atoms with E-state index in [0.29, 0.717) is 23.5 Å². The predicted octanol–water partition coefficient (Wildman–Crippen LogP) is 1.50. The summed E-state index contributed by atoms with van der Waals surface area (Å²) in [4.78, 5) is 12.0. The Morgan fingerprint density at radius 2 is 2.39 bits per heavy atom. The Morgan fingerprint density at radius 3 is 2.94 bits per heavy atom. The summed E-state index contributed by atoms with van der Waals surface area (Å²) in [5.41, 5.74) is 7.19. The molecule has 1 fully saturated rings. The Labute approximate surface area is 106 Å². The molecule has 5 nitrogen and oxygen atoms in total. The lowest BCUT2D eigenvalue weighted by Gasteiger charge is -2.11. The maximum Gasteiger partial charge on any atom is 0.229 e. The average Bonchev–Trinajstić information content (AvgIpc) is 2.78. The van der Waals surface area contributed by atoms with Gasteiger partial charge in [-0.2, -0.15) is 5.26 Å². The first-order valence-electron chi connectivity index (χ1n) is 5.82. The van der Waals surface area contributed by atoms with Crippen molar-refractivity contribution in [2.75, 3.05) is 17.7 Å². The van der Waals surface area contributed by atoms with Crippen LogP contribution in [0.1, 0.15) is 18.9 Å².